The van der Waals surface area contributed by atoms with E-state index in [1.807, 2.05) is 18.2 Å². The summed E-state index contributed by atoms with van der Waals surface area (Å²) in [6, 6.07) is 7.23. The molecule has 2 heterocycles. The second kappa shape index (κ2) is 5.40. The van der Waals surface area contributed by atoms with Crippen molar-refractivity contribution < 1.29 is 9.59 Å². The summed E-state index contributed by atoms with van der Waals surface area (Å²) in [5.74, 6) is -0.0964. The van der Waals surface area contributed by atoms with Gasteiger partial charge in [-0.15, -0.1) is 0 Å². The molecule has 0 radical (unpaired) electrons. The van der Waals surface area contributed by atoms with Crippen molar-refractivity contribution in [2.45, 2.75) is 12.5 Å². The first-order chi connectivity index (χ1) is 10.1. The molecule has 0 aliphatic carbocycles. The molecular weight excluding hydrogens is 268 g/mol. The van der Waals surface area contributed by atoms with Crippen molar-refractivity contribution in [1.29, 1.82) is 0 Å². The molecule has 0 saturated carbocycles. The Morgan fingerprint density at radius 1 is 1.43 bits per heavy atom. The molecule has 1 fully saturated rings. The molecule has 1 aliphatic rings. The molecule has 2 aromatic rings. The lowest BCUT2D eigenvalue weighted by Gasteiger charge is -2.12. The van der Waals surface area contributed by atoms with Crippen molar-refractivity contribution in [3.8, 4) is 11.1 Å². The maximum Gasteiger partial charge on any atom is 0.251 e. The van der Waals surface area contributed by atoms with Crippen molar-refractivity contribution in [1.82, 2.24) is 20.4 Å². The van der Waals surface area contributed by atoms with E-state index in [-0.39, 0.29) is 17.9 Å². The Balaban J connectivity index is 1.73. The van der Waals surface area contributed by atoms with Crippen molar-refractivity contribution in [2.24, 2.45) is 0 Å². The predicted molar refractivity (Wildman–Crippen MR) is 77.5 cm³/mol. The van der Waals surface area contributed by atoms with Crippen LogP contribution in [0.2, 0.25) is 0 Å². The Hall–Kier alpha value is -2.63. The number of rotatable bonds is 3. The maximum absolute atomic E-state index is 12.3. The standard InChI is InChI=1S/C15H16N4O2/c1-19-9-13(6-14(19)20)18-15(21)11-4-2-3-10(5-11)12-7-16-17-8-12/h2-5,7-8,13H,6,9H2,1H3,(H,16,17)(H,18,21). The lowest BCUT2D eigenvalue weighted by Crippen LogP contribution is -2.36. The number of aromatic amines is 1. The van der Waals surface area contributed by atoms with E-state index in [0.29, 0.717) is 18.5 Å². The number of aromatic nitrogens is 2. The van der Waals surface area contributed by atoms with Crippen molar-refractivity contribution in [3.63, 3.8) is 0 Å². The Bertz CT molecular complexity index is 666. The fourth-order valence-corrected chi connectivity index (χ4v) is 2.48. The van der Waals surface area contributed by atoms with Crippen molar-refractivity contribution in [3.05, 3.63) is 42.2 Å². The van der Waals surface area contributed by atoms with Crippen molar-refractivity contribution >= 4 is 11.8 Å². The van der Waals surface area contributed by atoms with Gasteiger partial charge in [0.1, 0.15) is 0 Å². The molecule has 0 bridgehead atoms. The number of H-pyrrole nitrogens is 1. The fourth-order valence-electron chi connectivity index (χ4n) is 2.48. The molecule has 2 amide bonds. The normalized spacial score (nSPS) is 18.0. The van der Waals surface area contributed by atoms with Crippen LogP contribution < -0.4 is 5.32 Å². The lowest BCUT2D eigenvalue weighted by molar-refractivity contribution is -0.126. The van der Waals surface area contributed by atoms with Crippen LogP contribution in [-0.2, 0) is 4.79 Å². The zero-order valence-corrected chi connectivity index (χ0v) is 11.7. The van der Waals surface area contributed by atoms with Gasteiger partial charge in [0.2, 0.25) is 5.91 Å². The highest BCUT2D eigenvalue weighted by atomic mass is 16.2. The van der Waals surface area contributed by atoms with Crippen LogP contribution in [0.5, 0.6) is 0 Å². The van der Waals surface area contributed by atoms with E-state index in [1.54, 1.807) is 30.4 Å². The van der Waals surface area contributed by atoms with E-state index in [1.165, 1.54) is 0 Å². The minimum Gasteiger partial charge on any atom is -0.347 e. The zero-order chi connectivity index (χ0) is 14.8. The summed E-state index contributed by atoms with van der Waals surface area (Å²) < 4.78 is 0. The quantitative estimate of drug-likeness (QED) is 0.884. The lowest BCUT2D eigenvalue weighted by atomic mass is 10.1. The van der Waals surface area contributed by atoms with Crippen LogP contribution in [-0.4, -0.2) is 46.5 Å². The van der Waals surface area contributed by atoms with Gasteiger partial charge < -0.3 is 10.2 Å². The van der Waals surface area contributed by atoms with Crippen LogP contribution in [0.15, 0.2) is 36.7 Å². The number of benzene rings is 1. The molecule has 1 saturated heterocycles. The van der Waals surface area contributed by atoms with E-state index < -0.39 is 0 Å². The van der Waals surface area contributed by atoms with Gasteiger partial charge in [-0.05, 0) is 17.7 Å². The number of amides is 2. The topological polar surface area (TPSA) is 78.1 Å². The van der Waals surface area contributed by atoms with E-state index in [2.05, 4.69) is 15.5 Å². The van der Waals surface area contributed by atoms with Gasteiger partial charge in [-0.2, -0.15) is 5.10 Å². The molecule has 6 heteroatoms. The largest absolute Gasteiger partial charge is 0.347 e. The van der Waals surface area contributed by atoms with Gasteiger partial charge in [0.05, 0.1) is 12.2 Å². The van der Waals surface area contributed by atoms with Gasteiger partial charge >= 0.3 is 0 Å². The molecule has 2 N–H and O–H groups in total. The fraction of sp³-hybridized carbons (Fsp3) is 0.267. The summed E-state index contributed by atoms with van der Waals surface area (Å²) in [5.41, 5.74) is 2.44. The van der Waals surface area contributed by atoms with Crippen LogP contribution in [0.4, 0.5) is 0 Å². The summed E-state index contributed by atoms with van der Waals surface area (Å²) in [5, 5.41) is 9.56. The number of likely N-dealkylation sites (tertiary alicyclic amines) is 1. The van der Waals surface area contributed by atoms with E-state index in [0.717, 1.165) is 11.1 Å². The number of hydrogen-bond donors (Lipinski definition) is 2. The third-order valence-electron chi connectivity index (χ3n) is 3.63. The first kappa shape index (κ1) is 13.4. The Morgan fingerprint density at radius 3 is 2.95 bits per heavy atom. The predicted octanol–water partition coefficient (Wildman–Crippen LogP) is 1.04. The minimum absolute atomic E-state index is 0.0625. The van der Waals surface area contributed by atoms with E-state index >= 15 is 0 Å². The Kier molecular flexibility index (Phi) is 3.43. The van der Waals surface area contributed by atoms with Crippen LogP contribution >= 0.6 is 0 Å². The molecule has 1 atom stereocenters. The highest BCUT2D eigenvalue weighted by Gasteiger charge is 2.28. The molecule has 0 spiro atoms. The van der Waals surface area contributed by atoms with Gasteiger partial charge in [0.15, 0.2) is 0 Å². The Labute approximate surface area is 122 Å². The first-order valence-electron chi connectivity index (χ1n) is 6.77. The summed E-state index contributed by atoms with van der Waals surface area (Å²) >= 11 is 0. The van der Waals surface area contributed by atoms with Gasteiger partial charge in [-0.1, -0.05) is 12.1 Å². The number of nitrogens with zero attached hydrogens (tertiary/aromatic N) is 2. The summed E-state index contributed by atoms with van der Waals surface area (Å²) in [4.78, 5) is 25.4. The number of carbonyl (C=O) groups is 2. The summed E-state index contributed by atoms with van der Waals surface area (Å²) in [6.45, 7) is 0.562. The van der Waals surface area contributed by atoms with Gasteiger partial charge in [-0.25, -0.2) is 0 Å². The summed E-state index contributed by atoms with van der Waals surface area (Å²) in [7, 11) is 1.74. The van der Waals surface area contributed by atoms with E-state index in [9.17, 15) is 9.59 Å². The van der Waals surface area contributed by atoms with Gasteiger partial charge in [0, 0.05) is 37.3 Å². The average Bonchev–Trinajstić information content (AvgIpc) is 3.10. The van der Waals surface area contributed by atoms with Crippen LogP contribution in [0.1, 0.15) is 16.8 Å². The third-order valence-corrected chi connectivity index (χ3v) is 3.63. The average molecular weight is 284 g/mol. The molecule has 1 unspecified atom stereocenters. The minimum atomic E-state index is -0.159. The number of nitrogens with one attached hydrogen (secondary N) is 2. The second-order valence-electron chi connectivity index (χ2n) is 5.22. The van der Waals surface area contributed by atoms with Crippen LogP contribution in [0.25, 0.3) is 11.1 Å². The monoisotopic (exact) mass is 284 g/mol. The van der Waals surface area contributed by atoms with Gasteiger partial charge in [-0.3, -0.25) is 14.7 Å². The molecule has 1 aromatic heterocycles. The maximum atomic E-state index is 12.3. The highest BCUT2D eigenvalue weighted by Crippen LogP contribution is 2.19. The van der Waals surface area contributed by atoms with Crippen molar-refractivity contribution in [2.75, 3.05) is 13.6 Å². The number of carbonyl (C=O) groups excluding carboxylic acids is 2. The first-order valence-corrected chi connectivity index (χ1v) is 6.77. The summed E-state index contributed by atoms with van der Waals surface area (Å²) in [6.07, 6.45) is 3.85. The third kappa shape index (κ3) is 2.79. The Morgan fingerprint density at radius 2 is 2.29 bits per heavy atom. The number of likely N-dealkylation sites (N-methyl/N-ethyl adjacent to an activating group) is 1. The molecule has 3 rings (SSSR count). The van der Waals surface area contributed by atoms with Crippen LogP contribution in [0.3, 0.4) is 0 Å². The van der Waals surface area contributed by atoms with Gasteiger partial charge in [0.25, 0.3) is 5.91 Å². The van der Waals surface area contributed by atoms with Crippen LogP contribution in [0, 0.1) is 0 Å². The zero-order valence-electron chi connectivity index (χ0n) is 11.7. The molecule has 108 valence electrons. The molecule has 1 aromatic carbocycles. The number of hydrogen-bond acceptors (Lipinski definition) is 3. The highest BCUT2D eigenvalue weighted by molar-refractivity contribution is 5.96. The smallest absolute Gasteiger partial charge is 0.251 e. The molecule has 1 aliphatic heterocycles. The van der Waals surface area contributed by atoms with E-state index in [4.69, 9.17) is 0 Å². The second-order valence-corrected chi connectivity index (χ2v) is 5.22. The molecule has 6 nitrogen and oxygen atoms in total. The molecular formula is C15H16N4O2. The molecule has 21 heavy (non-hydrogen) atoms. The SMILES string of the molecule is CN1CC(NC(=O)c2cccc(-c3cn[nH]c3)c2)CC1=O.